The van der Waals surface area contributed by atoms with Gasteiger partial charge in [0.25, 0.3) is 0 Å². The molecule has 3 N–H and O–H groups in total. The summed E-state index contributed by atoms with van der Waals surface area (Å²) in [6.07, 6.45) is 57.1. The van der Waals surface area contributed by atoms with Gasteiger partial charge in [0, 0.05) is 12.8 Å². The summed E-state index contributed by atoms with van der Waals surface area (Å²) in [7, 11) is 0. The first-order valence-corrected chi connectivity index (χ1v) is 25.2. The maximum Gasteiger partial charge on any atom is 0.305 e. The van der Waals surface area contributed by atoms with Crippen molar-refractivity contribution >= 4 is 11.9 Å². The Kier molecular flexibility index (Phi) is 46.2. The number of carbonyl (C=O) groups excluding carboxylic acids is 2. The highest BCUT2D eigenvalue weighted by Crippen LogP contribution is 2.16. The fraction of sp³-hybridized carbons (Fsp3) is 0.846. The van der Waals surface area contributed by atoms with Crippen molar-refractivity contribution in [1.82, 2.24) is 5.32 Å². The molecule has 0 fully saturated rings. The molecule has 340 valence electrons. The number of aliphatic hydroxyl groups excluding tert-OH is 2. The lowest BCUT2D eigenvalue weighted by atomic mass is 10.0. The van der Waals surface area contributed by atoms with Gasteiger partial charge in [-0.2, -0.15) is 0 Å². The van der Waals surface area contributed by atoms with Crippen LogP contribution in [0.15, 0.2) is 36.5 Å². The highest BCUT2D eigenvalue weighted by atomic mass is 16.5. The summed E-state index contributed by atoms with van der Waals surface area (Å²) in [5.74, 6) is -0.0904. The van der Waals surface area contributed by atoms with Gasteiger partial charge < -0.3 is 20.3 Å². The molecule has 0 saturated heterocycles. The minimum Gasteiger partial charge on any atom is -0.465 e. The molecule has 0 aliphatic rings. The van der Waals surface area contributed by atoms with Crippen molar-refractivity contribution in [3.05, 3.63) is 36.5 Å². The Morgan fingerprint density at radius 3 is 1.38 bits per heavy atom. The monoisotopic (exact) mass is 816 g/mol. The van der Waals surface area contributed by atoms with Gasteiger partial charge in [0.1, 0.15) is 0 Å². The first-order chi connectivity index (χ1) is 28.5. The standard InChI is InChI=1S/C52H97NO5/c1-3-5-7-9-11-13-25-30-34-38-42-46-52(57)58-47-43-39-35-31-27-24-22-20-18-16-14-15-17-19-21-23-26-29-33-37-41-45-51(56)53-49(48-54)50(55)44-40-36-32-28-12-10-8-6-4-2/h9,11,24,27,35,39,49-50,54-55H,3-8,10,12-23,25-26,28-34,36-38,40-48H2,1-2H3,(H,53,56)/b11-9-,27-24-,39-35-. The fourth-order valence-electron chi connectivity index (χ4n) is 7.52. The van der Waals surface area contributed by atoms with Gasteiger partial charge in [0.15, 0.2) is 0 Å². The number of aliphatic hydroxyl groups is 2. The Labute approximate surface area is 360 Å². The maximum absolute atomic E-state index is 12.4. The minimum atomic E-state index is -0.665. The highest BCUT2D eigenvalue weighted by molar-refractivity contribution is 5.76. The summed E-state index contributed by atoms with van der Waals surface area (Å²) in [5.41, 5.74) is 0. The molecule has 6 nitrogen and oxygen atoms in total. The third kappa shape index (κ3) is 43.7. The van der Waals surface area contributed by atoms with Crippen LogP contribution in [-0.2, 0) is 14.3 Å². The van der Waals surface area contributed by atoms with Crippen molar-refractivity contribution in [1.29, 1.82) is 0 Å². The van der Waals surface area contributed by atoms with E-state index in [0.717, 1.165) is 51.4 Å². The van der Waals surface area contributed by atoms with E-state index in [0.29, 0.717) is 25.9 Å². The lowest BCUT2D eigenvalue weighted by molar-refractivity contribution is -0.143. The maximum atomic E-state index is 12.4. The lowest BCUT2D eigenvalue weighted by Crippen LogP contribution is -2.45. The van der Waals surface area contributed by atoms with E-state index in [2.05, 4.69) is 55.6 Å². The second-order valence-electron chi connectivity index (χ2n) is 17.1. The van der Waals surface area contributed by atoms with E-state index in [-0.39, 0.29) is 18.5 Å². The summed E-state index contributed by atoms with van der Waals surface area (Å²) in [4.78, 5) is 24.3. The van der Waals surface area contributed by atoms with Crippen LogP contribution in [0.2, 0.25) is 0 Å². The van der Waals surface area contributed by atoms with Crippen LogP contribution in [0.1, 0.15) is 258 Å². The minimum absolute atomic E-state index is 0.0432. The quantitative estimate of drug-likeness (QED) is 0.0323. The zero-order valence-corrected chi connectivity index (χ0v) is 38.5. The molecule has 0 heterocycles. The average Bonchev–Trinajstić information content (AvgIpc) is 3.22. The van der Waals surface area contributed by atoms with Gasteiger partial charge in [-0.3, -0.25) is 9.59 Å². The van der Waals surface area contributed by atoms with Crippen LogP contribution in [0.25, 0.3) is 0 Å². The molecule has 0 aromatic carbocycles. The Morgan fingerprint density at radius 2 is 0.879 bits per heavy atom. The Hall–Kier alpha value is -1.92. The number of unbranched alkanes of at least 4 members (excludes halogenated alkanes) is 29. The zero-order chi connectivity index (χ0) is 42.3. The molecule has 58 heavy (non-hydrogen) atoms. The van der Waals surface area contributed by atoms with Crippen LogP contribution < -0.4 is 5.32 Å². The number of rotatable bonds is 46. The number of ether oxygens (including phenoxy) is 1. The van der Waals surface area contributed by atoms with E-state index < -0.39 is 12.1 Å². The number of hydrogen-bond acceptors (Lipinski definition) is 5. The second kappa shape index (κ2) is 47.8. The van der Waals surface area contributed by atoms with Crippen LogP contribution in [0, 0.1) is 0 Å². The van der Waals surface area contributed by atoms with E-state index in [1.54, 1.807) is 0 Å². The number of amides is 1. The van der Waals surface area contributed by atoms with Crippen molar-refractivity contribution in [3.63, 3.8) is 0 Å². The zero-order valence-electron chi connectivity index (χ0n) is 38.5. The van der Waals surface area contributed by atoms with Gasteiger partial charge >= 0.3 is 5.97 Å². The fourth-order valence-corrected chi connectivity index (χ4v) is 7.52. The molecular weight excluding hydrogens is 719 g/mol. The van der Waals surface area contributed by atoms with Crippen LogP contribution in [0.3, 0.4) is 0 Å². The number of esters is 1. The molecule has 0 rings (SSSR count). The van der Waals surface area contributed by atoms with E-state index in [9.17, 15) is 19.8 Å². The predicted molar refractivity (Wildman–Crippen MR) is 250 cm³/mol. The molecule has 2 atom stereocenters. The summed E-state index contributed by atoms with van der Waals surface area (Å²) < 4.78 is 5.38. The van der Waals surface area contributed by atoms with E-state index in [1.807, 2.05) is 0 Å². The van der Waals surface area contributed by atoms with Crippen LogP contribution in [0.5, 0.6) is 0 Å². The molecule has 0 aliphatic carbocycles. The Morgan fingerprint density at radius 1 is 0.483 bits per heavy atom. The molecule has 0 radical (unpaired) electrons. The normalized spacial score (nSPS) is 13.0. The molecule has 0 spiro atoms. The topological polar surface area (TPSA) is 95.9 Å². The first-order valence-electron chi connectivity index (χ1n) is 25.2. The van der Waals surface area contributed by atoms with Gasteiger partial charge in [-0.15, -0.1) is 0 Å². The molecular formula is C52H97NO5. The van der Waals surface area contributed by atoms with Crippen molar-refractivity contribution in [2.24, 2.45) is 0 Å². The largest absolute Gasteiger partial charge is 0.465 e. The van der Waals surface area contributed by atoms with Crippen LogP contribution >= 0.6 is 0 Å². The van der Waals surface area contributed by atoms with Gasteiger partial charge in [-0.1, -0.05) is 217 Å². The smallest absolute Gasteiger partial charge is 0.305 e. The molecule has 0 aromatic rings. The first kappa shape index (κ1) is 56.1. The highest BCUT2D eigenvalue weighted by Gasteiger charge is 2.20. The van der Waals surface area contributed by atoms with Gasteiger partial charge in [-0.25, -0.2) is 0 Å². The number of carbonyl (C=O) groups is 2. The van der Waals surface area contributed by atoms with E-state index >= 15 is 0 Å². The summed E-state index contributed by atoms with van der Waals surface area (Å²) >= 11 is 0. The summed E-state index contributed by atoms with van der Waals surface area (Å²) in [6, 6.07) is -0.543. The Bertz CT molecular complexity index is 946. The molecule has 0 bridgehead atoms. The molecule has 2 unspecified atom stereocenters. The third-order valence-electron chi connectivity index (χ3n) is 11.4. The summed E-state index contributed by atoms with van der Waals surface area (Å²) in [6.45, 7) is 4.77. The second-order valence-corrected chi connectivity index (χ2v) is 17.1. The third-order valence-corrected chi connectivity index (χ3v) is 11.4. The SMILES string of the molecule is CCCC/C=C\CCCCCCCC(=O)OCC/C=C\C/C=C\CCCCCCCCCCCCCCCCC(=O)NC(CO)C(O)CCCCCCCCCCC. The number of allylic oxidation sites excluding steroid dienone is 5. The number of nitrogens with one attached hydrogen (secondary N) is 1. The molecule has 0 aromatic heterocycles. The van der Waals surface area contributed by atoms with Gasteiger partial charge in [0.05, 0.1) is 25.4 Å². The molecule has 1 amide bonds. The number of hydrogen-bond donors (Lipinski definition) is 3. The summed E-state index contributed by atoms with van der Waals surface area (Å²) in [5, 5.41) is 23.1. The van der Waals surface area contributed by atoms with Crippen molar-refractivity contribution in [2.75, 3.05) is 13.2 Å². The molecule has 0 aliphatic heterocycles. The van der Waals surface area contributed by atoms with Crippen molar-refractivity contribution in [3.8, 4) is 0 Å². The lowest BCUT2D eigenvalue weighted by Gasteiger charge is -2.22. The van der Waals surface area contributed by atoms with E-state index in [1.165, 1.54) is 173 Å². The van der Waals surface area contributed by atoms with Crippen molar-refractivity contribution in [2.45, 2.75) is 270 Å². The van der Waals surface area contributed by atoms with Crippen LogP contribution in [-0.4, -0.2) is 47.4 Å². The molecule has 6 heteroatoms. The predicted octanol–water partition coefficient (Wildman–Crippen LogP) is 14.9. The van der Waals surface area contributed by atoms with Crippen LogP contribution in [0.4, 0.5) is 0 Å². The Balaban J connectivity index is 3.45. The van der Waals surface area contributed by atoms with E-state index in [4.69, 9.17) is 4.74 Å². The van der Waals surface area contributed by atoms with Crippen molar-refractivity contribution < 1.29 is 24.5 Å². The van der Waals surface area contributed by atoms with Gasteiger partial charge in [0.2, 0.25) is 5.91 Å². The van der Waals surface area contributed by atoms with Gasteiger partial charge in [-0.05, 0) is 64.2 Å². The molecule has 0 saturated carbocycles. The average molecular weight is 816 g/mol.